The quantitative estimate of drug-likeness (QED) is 0.793. The van der Waals surface area contributed by atoms with Crippen LogP contribution in [-0.2, 0) is 0 Å². The fourth-order valence-electron chi connectivity index (χ4n) is 2.67. The number of carbonyl (C=O) groups is 1. The van der Waals surface area contributed by atoms with Gasteiger partial charge in [0.15, 0.2) is 0 Å². The molecule has 0 aliphatic carbocycles. The predicted octanol–water partition coefficient (Wildman–Crippen LogP) is 5.49. The molecule has 0 atom stereocenters. The molecule has 0 saturated heterocycles. The van der Waals surface area contributed by atoms with Crippen molar-refractivity contribution in [3.8, 4) is 0 Å². The Morgan fingerprint density at radius 1 is 0.909 bits per heavy atom. The zero-order chi connectivity index (χ0) is 16.3. The van der Waals surface area contributed by atoms with Gasteiger partial charge in [-0.15, -0.1) is 0 Å². The largest absolute Gasteiger partial charge is 0.321 e. The van der Waals surface area contributed by atoms with E-state index in [4.69, 9.17) is 0 Å². The molecule has 116 valence electrons. The van der Waals surface area contributed by atoms with Crippen LogP contribution in [0.2, 0.25) is 0 Å². The molecule has 0 saturated carbocycles. The lowest BCUT2D eigenvalue weighted by atomic mass is 9.92. The van der Waals surface area contributed by atoms with E-state index >= 15 is 0 Å². The van der Waals surface area contributed by atoms with Crippen molar-refractivity contribution in [2.75, 3.05) is 5.32 Å². The van der Waals surface area contributed by atoms with Crippen LogP contribution >= 0.6 is 0 Å². The summed E-state index contributed by atoms with van der Waals surface area (Å²) in [5.41, 5.74) is 5.14. The molecule has 2 aromatic carbocycles. The Morgan fingerprint density at radius 3 is 1.95 bits per heavy atom. The van der Waals surface area contributed by atoms with Gasteiger partial charge in [0.05, 0.1) is 0 Å². The van der Waals surface area contributed by atoms with Crippen LogP contribution in [0.15, 0.2) is 42.5 Å². The van der Waals surface area contributed by atoms with Gasteiger partial charge in [-0.05, 0) is 42.0 Å². The van der Waals surface area contributed by atoms with E-state index in [9.17, 15) is 4.79 Å². The van der Waals surface area contributed by atoms with Crippen molar-refractivity contribution in [1.82, 2.24) is 0 Å². The molecule has 0 aliphatic heterocycles. The van der Waals surface area contributed by atoms with Crippen molar-refractivity contribution in [1.29, 1.82) is 0 Å². The van der Waals surface area contributed by atoms with Crippen LogP contribution in [0, 0.1) is 6.92 Å². The number of rotatable bonds is 4. The lowest BCUT2D eigenvalue weighted by Crippen LogP contribution is -2.16. The van der Waals surface area contributed by atoms with Gasteiger partial charge >= 0.3 is 0 Å². The monoisotopic (exact) mass is 295 g/mol. The molecule has 22 heavy (non-hydrogen) atoms. The average molecular weight is 295 g/mol. The van der Waals surface area contributed by atoms with E-state index in [-0.39, 0.29) is 5.91 Å². The van der Waals surface area contributed by atoms with Gasteiger partial charge in [0.2, 0.25) is 0 Å². The van der Waals surface area contributed by atoms with Crippen LogP contribution < -0.4 is 5.32 Å². The summed E-state index contributed by atoms with van der Waals surface area (Å²) in [6.07, 6.45) is 0. The third kappa shape index (κ3) is 3.56. The highest BCUT2D eigenvalue weighted by atomic mass is 16.1. The molecule has 0 radical (unpaired) electrons. The highest BCUT2D eigenvalue weighted by Crippen LogP contribution is 2.32. The Labute approximate surface area is 133 Å². The van der Waals surface area contributed by atoms with E-state index in [1.807, 2.05) is 31.2 Å². The first-order chi connectivity index (χ1) is 10.4. The van der Waals surface area contributed by atoms with Crippen LogP contribution in [0.25, 0.3) is 0 Å². The summed E-state index contributed by atoms with van der Waals surface area (Å²) >= 11 is 0. The van der Waals surface area contributed by atoms with Crippen molar-refractivity contribution >= 4 is 11.6 Å². The number of para-hydroxylation sites is 1. The Balaban J connectivity index is 2.41. The molecule has 0 fully saturated rings. The number of nitrogens with one attached hydrogen (secondary N) is 1. The summed E-state index contributed by atoms with van der Waals surface area (Å²) in [6.45, 7) is 10.6. The molecule has 2 nitrogen and oxygen atoms in total. The number of carbonyl (C=O) groups excluding carboxylic acids is 1. The van der Waals surface area contributed by atoms with Crippen molar-refractivity contribution in [3.63, 3.8) is 0 Å². The zero-order valence-electron chi connectivity index (χ0n) is 14.1. The molecule has 0 aromatic heterocycles. The maximum atomic E-state index is 12.6. The normalized spacial score (nSPS) is 11.0. The number of amides is 1. The van der Waals surface area contributed by atoms with E-state index < -0.39 is 0 Å². The van der Waals surface area contributed by atoms with Crippen molar-refractivity contribution < 1.29 is 4.79 Å². The third-order valence-electron chi connectivity index (χ3n) is 3.89. The van der Waals surface area contributed by atoms with E-state index in [1.165, 1.54) is 11.1 Å². The predicted molar refractivity (Wildman–Crippen MR) is 93.8 cm³/mol. The Kier molecular flexibility index (Phi) is 5.02. The molecule has 0 unspecified atom stereocenters. The maximum absolute atomic E-state index is 12.6. The van der Waals surface area contributed by atoms with Crippen molar-refractivity contribution in [2.24, 2.45) is 0 Å². The number of anilines is 1. The van der Waals surface area contributed by atoms with Gasteiger partial charge in [-0.3, -0.25) is 4.79 Å². The summed E-state index contributed by atoms with van der Waals surface area (Å²) in [5.74, 6) is 0.691. The second-order valence-electron chi connectivity index (χ2n) is 6.44. The summed E-state index contributed by atoms with van der Waals surface area (Å²) in [4.78, 5) is 12.6. The minimum absolute atomic E-state index is 0.0429. The number of aryl methyl sites for hydroxylation is 1. The van der Waals surface area contributed by atoms with Gasteiger partial charge in [0.25, 0.3) is 5.91 Å². The summed E-state index contributed by atoms with van der Waals surface area (Å²) < 4.78 is 0. The molecule has 1 N–H and O–H groups in total. The number of benzene rings is 2. The van der Waals surface area contributed by atoms with Crippen LogP contribution in [0.4, 0.5) is 5.69 Å². The van der Waals surface area contributed by atoms with Crippen molar-refractivity contribution in [3.05, 3.63) is 64.7 Å². The van der Waals surface area contributed by atoms with Gasteiger partial charge in [0.1, 0.15) is 0 Å². The Morgan fingerprint density at radius 2 is 1.45 bits per heavy atom. The average Bonchev–Trinajstić information content (AvgIpc) is 2.46. The molecule has 2 heteroatoms. The Bertz CT molecular complexity index is 645. The number of hydrogen-bond acceptors (Lipinski definition) is 1. The smallest absolute Gasteiger partial charge is 0.255 e. The summed E-state index contributed by atoms with van der Waals surface area (Å²) in [6, 6.07) is 14.0. The lowest BCUT2D eigenvalue weighted by Gasteiger charge is -2.20. The Hall–Kier alpha value is -2.09. The molecule has 2 aromatic rings. The SMILES string of the molecule is Cc1cccc(C(=O)Nc2c(C(C)C)cccc2C(C)C)c1. The highest BCUT2D eigenvalue weighted by Gasteiger charge is 2.16. The fraction of sp³-hybridized carbons (Fsp3) is 0.350. The number of hydrogen-bond donors (Lipinski definition) is 1. The standard InChI is InChI=1S/C20H25NO/c1-13(2)17-10-7-11-18(14(3)4)19(17)21-20(22)16-9-6-8-15(5)12-16/h6-14H,1-5H3,(H,21,22). The van der Waals surface area contributed by atoms with Crippen LogP contribution in [0.3, 0.4) is 0 Å². The maximum Gasteiger partial charge on any atom is 0.255 e. The first kappa shape index (κ1) is 16.3. The topological polar surface area (TPSA) is 29.1 Å². The molecular weight excluding hydrogens is 270 g/mol. The third-order valence-corrected chi connectivity index (χ3v) is 3.89. The van der Waals surface area contributed by atoms with Crippen LogP contribution in [0.5, 0.6) is 0 Å². The first-order valence-corrected chi connectivity index (χ1v) is 7.91. The minimum Gasteiger partial charge on any atom is -0.321 e. The summed E-state index contributed by atoms with van der Waals surface area (Å²) in [7, 11) is 0. The zero-order valence-corrected chi connectivity index (χ0v) is 14.1. The van der Waals surface area contributed by atoms with E-state index in [0.717, 1.165) is 11.3 Å². The molecular formula is C20H25NO. The van der Waals surface area contributed by atoms with Gasteiger partial charge in [0, 0.05) is 11.3 Å². The van der Waals surface area contributed by atoms with Gasteiger partial charge in [-0.2, -0.15) is 0 Å². The van der Waals surface area contributed by atoms with Crippen LogP contribution in [0.1, 0.15) is 66.6 Å². The van der Waals surface area contributed by atoms with Gasteiger partial charge < -0.3 is 5.32 Å². The van der Waals surface area contributed by atoms with Crippen molar-refractivity contribution in [2.45, 2.75) is 46.5 Å². The van der Waals surface area contributed by atoms with Crippen LogP contribution in [-0.4, -0.2) is 5.91 Å². The van der Waals surface area contributed by atoms with E-state index in [0.29, 0.717) is 17.4 Å². The fourth-order valence-corrected chi connectivity index (χ4v) is 2.67. The van der Waals surface area contributed by atoms with E-state index in [1.54, 1.807) is 0 Å². The highest BCUT2D eigenvalue weighted by molar-refractivity contribution is 6.05. The molecule has 0 bridgehead atoms. The molecule has 1 amide bonds. The molecule has 0 heterocycles. The van der Waals surface area contributed by atoms with Gasteiger partial charge in [-0.25, -0.2) is 0 Å². The second kappa shape index (κ2) is 6.78. The first-order valence-electron chi connectivity index (χ1n) is 7.91. The van der Waals surface area contributed by atoms with E-state index in [2.05, 4.69) is 51.2 Å². The minimum atomic E-state index is -0.0429. The lowest BCUT2D eigenvalue weighted by molar-refractivity contribution is 0.102. The molecule has 0 aliphatic rings. The van der Waals surface area contributed by atoms with Gasteiger partial charge in [-0.1, -0.05) is 63.6 Å². The molecule has 0 spiro atoms. The second-order valence-corrected chi connectivity index (χ2v) is 6.44. The molecule has 2 rings (SSSR count). The summed E-state index contributed by atoms with van der Waals surface area (Å²) in [5, 5.41) is 3.15.